The van der Waals surface area contributed by atoms with E-state index in [9.17, 15) is 9.59 Å². The Bertz CT molecular complexity index is 263. The van der Waals surface area contributed by atoms with Crippen LogP contribution in [-0.4, -0.2) is 36.0 Å². The lowest BCUT2D eigenvalue weighted by atomic mass is 10.2. The van der Waals surface area contributed by atoms with Crippen molar-refractivity contribution in [1.29, 1.82) is 0 Å². The van der Waals surface area contributed by atoms with Gasteiger partial charge in [0.25, 0.3) is 0 Å². The number of carbonyl (C=O) groups excluding carboxylic acids is 2. The highest BCUT2D eigenvalue weighted by atomic mass is 16.5. The zero-order valence-electron chi connectivity index (χ0n) is 11.1. The minimum atomic E-state index is -0.543. The SMILES string of the molecule is C=CC(=O)N(CCCC)C(C)C(=O)OCCC. The second-order valence-electron chi connectivity index (χ2n) is 3.93. The topological polar surface area (TPSA) is 46.6 Å². The fourth-order valence-electron chi connectivity index (χ4n) is 1.39. The lowest BCUT2D eigenvalue weighted by Gasteiger charge is -2.26. The van der Waals surface area contributed by atoms with Gasteiger partial charge in [-0.1, -0.05) is 26.8 Å². The van der Waals surface area contributed by atoms with E-state index in [0.717, 1.165) is 19.3 Å². The third kappa shape index (κ3) is 5.52. The first kappa shape index (κ1) is 15.7. The van der Waals surface area contributed by atoms with Gasteiger partial charge in [0.1, 0.15) is 6.04 Å². The molecule has 0 aliphatic rings. The maximum Gasteiger partial charge on any atom is 0.328 e. The third-order valence-corrected chi connectivity index (χ3v) is 2.47. The number of hydrogen-bond acceptors (Lipinski definition) is 3. The molecule has 0 bridgehead atoms. The Balaban J connectivity index is 4.49. The summed E-state index contributed by atoms with van der Waals surface area (Å²) >= 11 is 0. The van der Waals surface area contributed by atoms with Crippen molar-refractivity contribution < 1.29 is 14.3 Å². The summed E-state index contributed by atoms with van der Waals surface area (Å²) in [6.07, 6.45) is 3.85. The molecule has 0 saturated carbocycles. The molecule has 0 fully saturated rings. The summed E-state index contributed by atoms with van der Waals surface area (Å²) in [5.41, 5.74) is 0. The van der Waals surface area contributed by atoms with Crippen molar-refractivity contribution >= 4 is 11.9 Å². The van der Waals surface area contributed by atoms with Gasteiger partial charge in [0, 0.05) is 6.54 Å². The van der Waals surface area contributed by atoms with Crippen molar-refractivity contribution in [3.05, 3.63) is 12.7 Å². The Morgan fingerprint density at radius 1 is 1.35 bits per heavy atom. The number of rotatable bonds is 8. The van der Waals surface area contributed by atoms with Gasteiger partial charge in [-0.25, -0.2) is 4.79 Å². The molecule has 0 aromatic carbocycles. The van der Waals surface area contributed by atoms with Gasteiger partial charge >= 0.3 is 5.97 Å². The molecule has 1 atom stereocenters. The van der Waals surface area contributed by atoms with E-state index in [1.54, 1.807) is 6.92 Å². The van der Waals surface area contributed by atoms with Crippen LogP contribution in [0.5, 0.6) is 0 Å². The highest BCUT2D eigenvalue weighted by Gasteiger charge is 2.24. The van der Waals surface area contributed by atoms with Gasteiger partial charge in [-0.2, -0.15) is 0 Å². The average Bonchev–Trinajstić information content (AvgIpc) is 2.35. The number of amides is 1. The summed E-state index contributed by atoms with van der Waals surface area (Å²) in [5, 5.41) is 0. The Morgan fingerprint density at radius 2 is 2.00 bits per heavy atom. The molecule has 0 aliphatic heterocycles. The molecule has 0 heterocycles. The second kappa shape index (κ2) is 8.79. The Labute approximate surface area is 104 Å². The number of nitrogens with zero attached hydrogens (tertiary/aromatic N) is 1. The van der Waals surface area contributed by atoms with Gasteiger partial charge in [-0.3, -0.25) is 4.79 Å². The molecule has 1 amide bonds. The van der Waals surface area contributed by atoms with Gasteiger partial charge in [0.05, 0.1) is 6.61 Å². The molecular formula is C13H23NO3. The number of esters is 1. The average molecular weight is 241 g/mol. The van der Waals surface area contributed by atoms with Crippen LogP contribution in [0.2, 0.25) is 0 Å². The van der Waals surface area contributed by atoms with Crippen molar-refractivity contribution in [2.24, 2.45) is 0 Å². The summed E-state index contributed by atoms with van der Waals surface area (Å²) < 4.78 is 5.04. The van der Waals surface area contributed by atoms with Gasteiger partial charge in [-0.05, 0) is 25.8 Å². The summed E-state index contributed by atoms with van der Waals surface area (Å²) in [7, 11) is 0. The van der Waals surface area contributed by atoms with Gasteiger partial charge < -0.3 is 9.64 Å². The van der Waals surface area contributed by atoms with Crippen LogP contribution in [0.3, 0.4) is 0 Å². The molecule has 0 spiro atoms. The van der Waals surface area contributed by atoms with E-state index in [-0.39, 0.29) is 11.9 Å². The zero-order chi connectivity index (χ0) is 13.3. The monoisotopic (exact) mass is 241 g/mol. The molecule has 0 aromatic rings. The molecule has 0 aliphatic carbocycles. The van der Waals surface area contributed by atoms with Gasteiger partial charge in [0.15, 0.2) is 0 Å². The van der Waals surface area contributed by atoms with Crippen LogP contribution in [0.4, 0.5) is 0 Å². The number of hydrogen-bond donors (Lipinski definition) is 0. The van der Waals surface area contributed by atoms with Crippen molar-refractivity contribution in [2.45, 2.75) is 46.1 Å². The molecule has 0 saturated heterocycles. The van der Waals surface area contributed by atoms with E-state index in [1.165, 1.54) is 11.0 Å². The lowest BCUT2D eigenvalue weighted by molar-refractivity contribution is -0.153. The van der Waals surface area contributed by atoms with E-state index in [0.29, 0.717) is 13.2 Å². The van der Waals surface area contributed by atoms with E-state index >= 15 is 0 Å². The molecule has 4 heteroatoms. The minimum Gasteiger partial charge on any atom is -0.464 e. The predicted octanol–water partition coefficient (Wildman–Crippen LogP) is 2.14. The first-order valence-electron chi connectivity index (χ1n) is 6.18. The molecule has 0 radical (unpaired) electrons. The zero-order valence-corrected chi connectivity index (χ0v) is 11.1. The fraction of sp³-hybridized carbons (Fsp3) is 0.692. The lowest BCUT2D eigenvalue weighted by Crippen LogP contribution is -2.43. The molecule has 17 heavy (non-hydrogen) atoms. The largest absolute Gasteiger partial charge is 0.464 e. The maximum atomic E-state index is 11.7. The molecule has 0 aromatic heterocycles. The number of unbranched alkanes of at least 4 members (excludes halogenated alkanes) is 1. The summed E-state index contributed by atoms with van der Waals surface area (Å²) in [6, 6.07) is -0.543. The highest BCUT2D eigenvalue weighted by molar-refractivity contribution is 5.91. The van der Waals surface area contributed by atoms with E-state index < -0.39 is 6.04 Å². The van der Waals surface area contributed by atoms with Crippen LogP contribution in [0.1, 0.15) is 40.0 Å². The van der Waals surface area contributed by atoms with Crippen molar-refractivity contribution in [2.75, 3.05) is 13.2 Å². The van der Waals surface area contributed by atoms with E-state index in [1.807, 2.05) is 13.8 Å². The Morgan fingerprint density at radius 3 is 2.47 bits per heavy atom. The molecule has 98 valence electrons. The molecule has 0 N–H and O–H groups in total. The van der Waals surface area contributed by atoms with Crippen LogP contribution >= 0.6 is 0 Å². The molecule has 1 unspecified atom stereocenters. The third-order valence-electron chi connectivity index (χ3n) is 2.47. The summed E-state index contributed by atoms with van der Waals surface area (Å²) in [6.45, 7) is 10.1. The van der Waals surface area contributed by atoms with Crippen LogP contribution in [-0.2, 0) is 14.3 Å². The number of ether oxygens (including phenoxy) is 1. The van der Waals surface area contributed by atoms with Crippen LogP contribution in [0.25, 0.3) is 0 Å². The normalized spacial score (nSPS) is 11.7. The fourth-order valence-corrected chi connectivity index (χ4v) is 1.39. The number of carbonyl (C=O) groups is 2. The smallest absolute Gasteiger partial charge is 0.328 e. The van der Waals surface area contributed by atoms with Crippen LogP contribution in [0, 0.1) is 0 Å². The molecule has 4 nitrogen and oxygen atoms in total. The molecule has 0 rings (SSSR count). The van der Waals surface area contributed by atoms with Gasteiger partial charge in [0.2, 0.25) is 5.91 Å². The Hall–Kier alpha value is -1.32. The first-order chi connectivity index (χ1) is 8.08. The predicted molar refractivity (Wildman–Crippen MR) is 67.5 cm³/mol. The van der Waals surface area contributed by atoms with Crippen LogP contribution < -0.4 is 0 Å². The van der Waals surface area contributed by atoms with Crippen molar-refractivity contribution in [3.8, 4) is 0 Å². The quantitative estimate of drug-likeness (QED) is 0.483. The minimum absolute atomic E-state index is 0.223. The highest BCUT2D eigenvalue weighted by Crippen LogP contribution is 2.06. The van der Waals surface area contributed by atoms with Crippen molar-refractivity contribution in [3.63, 3.8) is 0 Å². The first-order valence-corrected chi connectivity index (χ1v) is 6.18. The second-order valence-corrected chi connectivity index (χ2v) is 3.93. The maximum absolute atomic E-state index is 11.7. The summed E-state index contributed by atoms with van der Waals surface area (Å²) in [4.78, 5) is 24.8. The van der Waals surface area contributed by atoms with Crippen LogP contribution in [0.15, 0.2) is 12.7 Å². The summed E-state index contributed by atoms with van der Waals surface area (Å²) in [5.74, 6) is -0.572. The van der Waals surface area contributed by atoms with Crippen molar-refractivity contribution in [1.82, 2.24) is 4.90 Å². The van der Waals surface area contributed by atoms with E-state index in [4.69, 9.17) is 4.74 Å². The molecular weight excluding hydrogens is 218 g/mol. The van der Waals surface area contributed by atoms with E-state index in [2.05, 4.69) is 6.58 Å². The van der Waals surface area contributed by atoms with Gasteiger partial charge in [-0.15, -0.1) is 0 Å². The standard InChI is InChI=1S/C13H23NO3/c1-5-8-9-14(12(15)7-3)11(4)13(16)17-10-6-2/h7,11H,3,5-6,8-10H2,1-2,4H3. The Kier molecular flexibility index (Phi) is 8.11.